The molecule has 0 N–H and O–H groups in total. The summed E-state index contributed by atoms with van der Waals surface area (Å²) >= 11 is 0. The molecular formula is C9H18O3. The van der Waals surface area contributed by atoms with E-state index in [2.05, 4.69) is 46.6 Å². The third kappa shape index (κ3) is 1.16. The van der Waals surface area contributed by atoms with Crippen molar-refractivity contribution in [3.63, 3.8) is 0 Å². The van der Waals surface area contributed by atoms with Crippen LogP contribution in [0.2, 0.25) is 0 Å². The van der Waals surface area contributed by atoms with Crippen LogP contribution in [0.1, 0.15) is 41.5 Å². The van der Waals surface area contributed by atoms with Crippen LogP contribution in [0.15, 0.2) is 0 Å². The summed E-state index contributed by atoms with van der Waals surface area (Å²) in [6.45, 7) is 12.4. The van der Waals surface area contributed by atoms with Gasteiger partial charge in [-0.3, -0.25) is 0 Å². The van der Waals surface area contributed by atoms with Gasteiger partial charge in [0, 0.05) is 10.8 Å². The topological polar surface area (TPSA) is 27.7 Å². The molecule has 1 heterocycles. The lowest BCUT2D eigenvalue weighted by Crippen LogP contribution is -2.62. The van der Waals surface area contributed by atoms with Crippen LogP contribution in [0, 0.1) is 10.8 Å². The maximum Gasteiger partial charge on any atom is 0.249 e. The molecule has 0 saturated carbocycles. The summed E-state index contributed by atoms with van der Waals surface area (Å²) in [4.78, 5) is 10.2. The van der Waals surface area contributed by atoms with Crippen LogP contribution >= 0.6 is 0 Å². The Labute approximate surface area is 73.9 Å². The Morgan fingerprint density at radius 1 is 0.750 bits per heavy atom. The smallest absolute Gasteiger partial charge is 0.166 e. The van der Waals surface area contributed by atoms with Crippen LogP contribution in [0.3, 0.4) is 0 Å². The minimum absolute atomic E-state index is 0.0938. The third-order valence-electron chi connectivity index (χ3n) is 2.28. The fourth-order valence-electron chi connectivity index (χ4n) is 1.73. The van der Waals surface area contributed by atoms with Crippen LogP contribution in [0.25, 0.3) is 0 Å². The molecular weight excluding hydrogens is 156 g/mol. The molecule has 72 valence electrons. The van der Waals surface area contributed by atoms with Crippen molar-refractivity contribution in [1.29, 1.82) is 0 Å². The first kappa shape index (κ1) is 9.96. The van der Waals surface area contributed by atoms with E-state index in [1.54, 1.807) is 0 Å². The first-order valence-corrected chi connectivity index (χ1v) is 4.24. The minimum atomic E-state index is -0.625. The first-order valence-electron chi connectivity index (χ1n) is 4.24. The summed E-state index contributed by atoms with van der Waals surface area (Å²) in [6.07, 6.45) is 0. The molecule has 3 nitrogen and oxygen atoms in total. The number of hydrogen-bond acceptors (Lipinski definition) is 3. The summed E-state index contributed by atoms with van der Waals surface area (Å²) in [5.74, 6) is -0.625. The molecule has 0 aromatic heterocycles. The highest BCUT2D eigenvalue weighted by Crippen LogP contribution is 2.52. The molecule has 0 spiro atoms. The normalized spacial score (nSPS) is 23.5. The molecule has 0 aromatic rings. The highest BCUT2D eigenvalue weighted by atomic mass is 17.6. The molecule has 0 bridgehead atoms. The van der Waals surface area contributed by atoms with Crippen molar-refractivity contribution >= 4 is 0 Å². The predicted octanol–water partition coefficient (Wildman–Crippen LogP) is 2.67. The highest BCUT2D eigenvalue weighted by Gasteiger charge is 2.61. The maximum absolute atomic E-state index is 5.12. The SMILES string of the molecule is CC(C)(C)C1(C(C)(C)C)OOO1. The summed E-state index contributed by atoms with van der Waals surface area (Å²) < 4.78 is 0. The van der Waals surface area contributed by atoms with E-state index in [0.29, 0.717) is 0 Å². The second kappa shape index (κ2) is 2.44. The summed E-state index contributed by atoms with van der Waals surface area (Å²) in [7, 11) is 0. The van der Waals surface area contributed by atoms with Crippen molar-refractivity contribution < 1.29 is 14.8 Å². The van der Waals surface area contributed by atoms with E-state index in [-0.39, 0.29) is 10.8 Å². The molecule has 3 heteroatoms. The van der Waals surface area contributed by atoms with Gasteiger partial charge in [0.05, 0.1) is 0 Å². The zero-order chi connectivity index (χ0) is 9.62. The Hall–Kier alpha value is -0.120. The largest absolute Gasteiger partial charge is 0.249 e. The number of rotatable bonds is 0. The number of hydrogen-bond donors (Lipinski definition) is 0. The second-order valence-corrected chi connectivity index (χ2v) is 5.35. The molecule has 1 aliphatic heterocycles. The molecule has 0 atom stereocenters. The Morgan fingerprint density at radius 2 is 1.08 bits per heavy atom. The maximum atomic E-state index is 5.12. The quantitative estimate of drug-likeness (QED) is 0.528. The first-order chi connectivity index (χ1) is 5.21. The van der Waals surface area contributed by atoms with Crippen LogP contribution in [-0.4, -0.2) is 5.79 Å². The fourth-order valence-corrected chi connectivity index (χ4v) is 1.73. The van der Waals surface area contributed by atoms with E-state index < -0.39 is 5.79 Å². The Morgan fingerprint density at radius 3 is 1.08 bits per heavy atom. The van der Waals surface area contributed by atoms with E-state index in [1.165, 1.54) is 0 Å². The van der Waals surface area contributed by atoms with Crippen molar-refractivity contribution in [2.45, 2.75) is 47.3 Å². The van der Waals surface area contributed by atoms with Crippen molar-refractivity contribution in [2.24, 2.45) is 10.8 Å². The van der Waals surface area contributed by atoms with Gasteiger partial charge in [0.15, 0.2) is 0 Å². The van der Waals surface area contributed by atoms with Crippen LogP contribution in [-0.2, 0) is 14.8 Å². The predicted molar refractivity (Wildman–Crippen MR) is 44.9 cm³/mol. The van der Waals surface area contributed by atoms with Gasteiger partial charge >= 0.3 is 0 Å². The zero-order valence-electron chi connectivity index (χ0n) is 8.72. The highest BCUT2D eigenvalue weighted by molar-refractivity contribution is 4.93. The van der Waals surface area contributed by atoms with Crippen LogP contribution in [0.4, 0.5) is 0 Å². The summed E-state index contributed by atoms with van der Waals surface area (Å²) in [5, 5.41) is 4.39. The van der Waals surface area contributed by atoms with Gasteiger partial charge in [-0.05, 0) is 0 Å². The van der Waals surface area contributed by atoms with Crippen molar-refractivity contribution in [2.75, 3.05) is 0 Å². The van der Waals surface area contributed by atoms with Crippen molar-refractivity contribution in [3.05, 3.63) is 0 Å². The van der Waals surface area contributed by atoms with E-state index in [0.717, 1.165) is 0 Å². The van der Waals surface area contributed by atoms with Gasteiger partial charge in [-0.15, -0.1) is 0 Å². The van der Waals surface area contributed by atoms with E-state index in [9.17, 15) is 0 Å². The third-order valence-corrected chi connectivity index (χ3v) is 2.28. The minimum Gasteiger partial charge on any atom is -0.166 e. The average Bonchev–Trinajstić information content (AvgIpc) is 1.47. The van der Waals surface area contributed by atoms with Gasteiger partial charge in [-0.2, -0.15) is 9.78 Å². The molecule has 12 heavy (non-hydrogen) atoms. The second-order valence-electron chi connectivity index (χ2n) is 5.35. The average molecular weight is 174 g/mol. The van der Waals surface area contributed by atoms with Gasteiger partial charge in [0.1, 0.15) is 0 Å². The molecule has 0 aromatic carbocycles. The molecule has 1 aliphatic rings. The molecule has 0 radical (unpaired) electrons. The molecule has 1 saturated heterocycles. The molecule has 1 fully saturated rings. The van der Waals surface area contributed by atoms with Crippen LogP contribution < -0.4 is 0 Å². The Bertz CT molecular complexity index is 153. The summed E-state index contributed by atoms with van der Waals surface area (Å²) in [5.41, 5.74) is -0.188. The zero-order valence-corrected chi connectivity index (χ0v) is 8.72. The summed E-state index contributed by atoms with van der Waals surface area (Å²) in [6, 6.07) is 0. The molecule has 0 unspecified atom stereocenters. The lowest BCUT2D eigenvalue weighted by Gasteiger charge is -2.53. The van der Waals surface area contributed by atoms with Gasteiger partial charge < -0.3 is 0 Å². The standard InChI is InChI=1S/C9H18O3/c1-7(2,3)9(8(4,5)6)10-12-11-9/h1-6H3. The molecule has 0 amide bonds. The van der Waals surface area contributed by atoms with Crippen molar-refractivity contribution in [1.82, 2.24) is 0 Å². The van der Waals surface area contributed by atoms with E-state index in [4.69, 9.17) is 9.78 Å². The molecule has 1 rings (SSSR count). The van der Waals surface area contributed by atoms with E-state index >= 15 is 0 Å². The van der Waals surface area contributed by atoms with Crippen LogP contribution in [0.5, 0.6) is 0 Å². The van der Waals surface area contributed by atoms with Gasteiger partial charge in [-0.25, -0.2) is 0 Å². The Kier molecular flexibility index (Phi) is 2.02. The lowest BCUT2D eigenvalue weighted by molar-refractivity contribution is -0.761. The van der Waals surface area contributed by atoms with Gasteiger partial charge in [0.25, 0.3) is 0 Å². The fraction of sp³-hybridized carbons (Fsp3) is 1.00. The Balaban J connectivity index is 2.92. The monoisotopic (exact) mass is 174 g/mol. The van der Waals surface area contributed by atoms with Gasteiger partial charge in [-0.1, -0.05) is 46.6 Å². The van der Waals surface area contributed by atoms with Crippen molar-refractivity contribution in [3.8, 4) is 0 Å². The van der Waals surface area contributed by atoms with E-state index in [1.807, 2.05) is 0 Å². The lowest BCUT2D eigenvalue weighted by atomic mass is 9.70. The van der Waals surface area contributed by atoms with Gasteiger partial charge in [0.2, 0.25) is 5.79 Å². The molecule has 0 aliphatic carbocycles.